The molecule has 0 saturated carbocycles. The summed E-state index contributed by atoms with van der Waals surface area (Å²) < 4.78 is 0.771. The number of rotatable bonds is 0. The monoisotopic (exact) mass is 212 g/mol. The Balaban J connectivity index is 2.59. The third-order valence-corrected chi connectivity index (χ3v) is 2.07. The number of hydrogen-bond acceptors (Lipinski definition) is 2. The van der Waals surface area contributed by atoms with Crippen molar-refractivity contribution in [3.05, 3.63) is 28.0 Å². The molecule has 0 aliphatic carbocycles. The van der Waals surface area contributed by atoms with Crippen LogP contribution in [0.25, 0.3) is 0 Å². The Bertz CT molecular complexity index is 324. The predicted octanol–water partition coefficient (Wildman–Crippen LogP) is 1.09. The van der Waals surface area contributed by atoms with Crippen molar-refractivity contribution in [2.75, 3.05) is 0 Å². The van der Waals surface area contributed by atoms with Crippen molar-refractivity contribution in [1.29, 1.82) is 0 Å². The number of halogens is 1. The topological polar surface area (TPSA) is 42.0 Å². The number of hydrogen-bond donors (Lipinski definition) is 1. The molecule has 56 valence electrons. The standard InChI is InChI=1S/C7H5BrN2O/c8-6-1-4-2-10-7(11)5(4)3-9-6/h1,3H,2H2,(H,10,11). The first-order chi connectivity index (χ1) is 5.27. The summed E-state index contributed by atoms with van der Waals surface area (Å²) in [5.41, 5.74) is 1.70. The molecule has 1 N–H and O–H groups in total. The maximum atomic E-state index is 11.0. The van der Waals surface area contributed by atoms with E-state index in [4.69, 9.17) is 0 Å². The lowest BCUT2D eigenvalue weighted by atomic mass is 10.2. The molecule has 1 aromatic heterocycles. The van der Waals surface area contributed by atoms with Gasteiger partial charge in [0, 0.05) is 12.7 Å². The first-order valence-corrected chi connectivity index (χ1v) is 3.99. The van der Waals surface area contributed by atoms with Gasteiger partial charge in [-0.25, -0.2) is 4.98 Å². The molecular weight excluding hydrogens is 208 g/mol. The van der Waals surface area contributed by atoms with Crippen LogP contribution in [-0.4, -0.2) is 10.9 Å². The quantitative estimate of drug-likeness (QED) is 0.655. The van der Waals surface area contributed by atoms with Gasteiger partial charge in [0.1, 0.15) is 4.60 Å². The third kappa shape index (κ3) is 1.03. The van der Waals surface area contributed by atoms with Gasteiger partial charge in [-0.1, -0.05) is 0 Å². The van der Waals surface area contributed by atoms with Crippen molar-refractivity contribution in [2.45, 2.75) is 6.54 Å². The molecule has 1 aliphatic heterocycles. The van der Waals surface area contributed by atoms with E-state index in [0.717, 1.165) is 10.2 Å². The molecule has 0 radical (unpaired) electrons. The van der Waals surface area contributed by atoms with Gasteiger partial charge in [0.15, 0.2) is 0 Å². The zero-order valence-corrected chi connectivity index (χ0v) is 7.18. The summed E-state index contributed by atoms with van der Waals surface area (Å²) in [7, 11) is 0. The third-order valence-electron chi connectivity index (χ3n) is 1.64. The molecule has 1 aliphatic rings. The Morgan fingerprint density at radius 2 is 2.45 bits per heavy atom. The molecule has 4 heteroatoms. The number of fused-ring (bicyclic) bond motifs is 1. The van der Waals surface area contributed by atoms with Gasteiger partial charge in [0.2, 0.25) is 0 Å². The van der Waals surface area contributed by atoms with Crippen LogP contribution in [0.15, 0.2) is 16.9 Å². The van der Waals surface area contributed by atoms with Crippen LogP contribution < -0.4 is 5.32 Å². The molecule has 3 nitrogen and oxygen atoms in total. The van der Waals surface area contributed by atoms with E-state index in [9.17, 15) is 4.79 Å². The number of carbonyl (C=O) groups is 1. The maximum Gasteiger partial charge on any atom is 0.253 e. The van der Waals surface area contributed by atoms with Crippen LogP contribution in [0.2, 0.25) is 0 Å². The molecule has 0 bridgehead atoms. The van der Waals surface area contributed by atoms with Gasteiger partial charge in [-0.2, -0.15) is 0 Å². The maximum absolute atomic E-state index is 11.0. The lowest BCUT2D eigenvalue weighted by Gasteiger charge is -1.93. The number of amides is 1. The summed E-state index contributed by atoms with van der Waals surface area (Å²) in [6.07, 6.45) is 1.59. The van der Waals surface area contributed by atoms with Gasteiger partial charge >= 0.3 is 0 Å². The van der Waals surface area contributed by atoms with Crippen molar-refractivity contribution in [2.24, 2.45) is 0 Å². The zero-order chi connectivity index (χ0) is 7.84. The van der Waals surface area contributed by atoms with E-state index in [1.807, 2.05) is 6.07 Å². The Morgan fingerprint density at radius 1 is 1.64 bits per heavy atom. The molecular formula is C7H5BrN2O. The molecule has 2 heterocycles. The Labute approximate surface area is 72.0 Å². The molecule has 1 aromatic rings. The lowest BCUT2D eigenvalue weighted by molar-refractivity contribution is 0.0965. The first kappa shape index (κ1) is 6.79. The molecule has 11 heavy (non-hydrogen) atoms. The fourth-order valence-electron chi connectivity index (χ4n) is 1.09. The van der Waals surface area contributed by atoms with Crippen molar-refractivity contribution in [3.63, 3.8) is 0 Å². The summed E-state index contributed by atoms with van der Waals surface area (Å²) in [5.74, 6) is -0.0278. The largest absolute Gasteiger partial charge is 0.348 e. The molecule has 0 unspecified atom stereocenters. The molecule has 0 fully saturated rings. The van der Waals surface area contributed by atoms with Crippen LogP contribution in [0.4, 0.5) is 0 Å². The summed E-state index contributed by atoms with van der Waals surface area (Å²) in [4.78, 5) is 15.0. The Morgan fingerprint density at radius 3 is 3.27 bits per heavy atom. The molecule has 0 aromatic carbocycles. The minimum Gasteiger partial charge on any atom is -0.348 e. The molecule has 0 atom stereocenters. The van der Waals surface area contributed by atoms with E-state index in [-0.39, 0.29) is 5.91 Å². The van der Waals surface area contributed by atoms with Gasteiger partial charge in [-0.3, -0.25) is 4.79 Å². The second-order valence-corrected chi connectivity index (χ2v) is 3.16. The fourth-order valence-corrected chi connectivity index (χ4v) is 1.47. The van der Waals surface area contributed by atoms with Gasteiger partial charge in [-0.15, -0.1) is 0 Å². The fraction of sp³-hybridized carbons (Fsp3) is 0.143. The van der Waals surface area contributed by atoms with Crippen LogP contribution in [-0.2, 0) is 6.54 Å². The number of carbonyl (C=O) groups excluding carboxylic acids is 1. The average molecular weight is 213 g/mol. The van der Waals surface area contributed by atoms with Crippen molar-refractivity contribution in [3.8, 4) is 0 Å². The molecule has 0 saturated heterocycles. The molecule has 1 amide bonds. The van der Waals surface area contributed by atoms with Crippen LogP contribution in [0.5, 0.6) is 0 Å². The smallest absolute Gasteiger partial charge is 0.253 e. The zero-order valence-electron chi connectivity index (χ0n) is 5.60. The summed E-state index contributed by atoms with van der Waals surface area (Å²) >= 11 is 3.23. The van der Waals surface area contributed by atoms with E-state index in [1.165, 1.54) is 0 Å². The summed E-state index contributed by atoms with van der Waals surface area (Å²) in [6, 6.07) is 1.85. The number of pyridine rings is 1. The molecule has 2 rings (SSSR count). The second-order valence-electron chi connectivity index (χ2n) is 2.35. The van der Waals surface area contributed by atoms with Crippen LogP contribution >= 0.6 is 15.9 Å². The summed E-state index contributed by atoms with van der Waals surface area (Å²) in [5, 5.41) is 2.71. The van der Waals surface area contributed by atoms with Crippen molar-refractivity contribution >= 4 is 21.8 Å². The summed E-state index contributed by atoms with van der Waals surface area (Å²) in [6.45, 7) is 0.620. The van der Waals surface area contributed by atoms with Crippen LogP contribution in [0.3, 0.4) is 0 Å². The normalized spacial score (nSPS) is 14.5. The van der Waals surface area contributed by atoms with E-state index in [2.05, 4.69) is 26.2 Å². The predicted molar refractivity (Wildman–Crippen MR) is 43.1 cm³/mol. The van der Waals surface area contributed by atoms with Gasteiger partial charge in [-0.05, 0) is 27.6 Å². The van der Waals surface area contributed by atoms with Gasteiger partial charge < -0.3 is 5.32 Å². The number of aromatic nitrogens is 1. The van der Waals surface area contributed by atoms with Gasteiger partial charge in [0.25, 0.3) is 5.91 Å². The minimum atomic E-state index is -0.0278. The Hall–Kier alpha value is -0.900. The highest BCUT2D eigenvalue weighted by Gasteiger charge is 2.18. The van der Waals surface area contributed by atoms with Crippen LogP contribution in [0.1, 0.15) is 15.9 Å². The second kappa shape index (κ2) is 2.30. The van der Waals surface area contributed by atoms with Gasteiger partial charge in [0.05, 0.1) is 5.56 Å². The highest BCUT2D eigenvalue weighted by atomic mass is 79.9. The van der Waals surface area contributed by atoms with Crippen LogP contribution in [0, 0.1) is 0 Å². The van der Waals surface area contributed by atoms with E-state index in [1.54, 1.807) is 6.20 Å². The average Bonchev–Trinajstić information content (AvgIpc) is 2.32. The lowest BCUT2D eigenvalue weighted by Crippen LogP contribution is -2.12. The highest BCUT2D eigenvalue weighted by molar-refractivity contribution is 9.10. The van der Waals surface area contributed by atoms with E-state index in [0.29, 0.717) is 12.1 Å². The van der Waals surface area contributed by atoms with Crippen molar-refractivity contribution in [1.82, 2.24) is 10.3 Å². The minimum absolute atomic E-state index is 0.0278. The van der Waals surface area contributed by atoms with Crippen molar-refractivity contribution < 1.29 is 4.79 Å². The molecule has 0 spiro atoms. The SMILES string of the molecule is O=C1NCc2cc(Br)ncc21. The first-order valence-electron chi connectivity index (χ1n) is 3.20. The number of nitrogens with one attached hydrogen (secondary N) is 1. The van der Waals surface area contributed by atoms with E-state index < -0.39 is 0 Å². The Kier molecular flexibility index (Phi) is 1.42. The highest BCUT2D eigenvalue weighted by Crippen LogP contribution is 2.17. The number of nitrogens with zero attached hydrogens (tertiary/aromatic N) is 1. The van der Waals surface area contributed by atoms with E-state index >= 15 is 0 Å².